The molecule has 2 aromatic rings. The lowest BCUT2D eigenvalue weighted by Gasteiger charge is -2.09. The third kappa shape index (κ3) is 3.32. The molecule has 2 heterocycles. The SMILES string of the molecule is C=CCNC(Cn1c(=O)n(C2CC2)c2ccncc21)=NC/C=C\C. The second kappa shape index (κ2) is 7.29. The van der Waals surface area contributed by atoms with Crippen LogP contribution in [-0.2, 0) is 6.54 Å². The molecule has 3 rings (SSSR count). The minimum absolute atomic E-state index is 0.0136. The molecule has 1 aliphatic rings. The summed E-state index contributed by atoms with van der Waals surface area (Å²) in [6, 6.07) is 2.24. The van der Waals surface area contributed by atoms with Gasteiger partial charge in [-0.1, -0.05) is 18.2 Å². The van der Waals surface area contributed by atoms with E-state index in [9.17, 15) is 4.79 Å². The van der Waals surface area contributed by atoms with Crippen LogP contribution in [0.1, 0.15) is 25.8 Å². The van der Waals surface area contributed by atoms with Crippen LogP contribution < -0.4 is 11.0 Å². The number of amidine groups is 1. The van der Waals surface area contributed by atoms with Gasteiger partial charge >= 0.3 is 5.69 Å². The molecule has 6 heteroatoms. The fourth-order valence-corrected chi connectivity index (χ4v) is 2.73. The fourth-order valence-electron chi connectivity index (χ4n) is 2.73. The number of allylic oxidation sites excluding steroid dienone is 1. The third-order valence-electron chi connectivity index (χ3n) is 4.06. The van der Waals surface area contributed by atoms with E-state index in [1.54, 1.807) is 23.0 Å². The Labute approximate surface area is 141 Å². The zero-order valence-electron chi connectivity index (χ0n) is 14.0. The number of aromatic nitrogens is 3. The van der Waals surface area contributed by atoms with Crippen LogP contribution in [0.2, 0.25) is 0 Å². The van der Waals surface area contributed by atoms with Crippen molar-refractivity contribution >= 4 is 16.9 Å². The van der Waals surface area contributed by atoms with Crippen molar-refractivity contribution in [3.8, 4) is 0 Å². The van der Waals surface area contributed by atoms with Gasteiger partial charge < -0.3 is 5.32 Å². The number of nitrogens with zero attached hydrogens (tertiary/aromatic N) is 4. The highest BCUT2D eigenvalue weighted by Gasteiger charge is 2.29. The van der Waals surface area contributed by atoms with Gasteiger partial charge in [0.15, 0.2) is 0 Å². The lowest BCUT2D eigenvalue weighted by atomic mass is 10.4. The Morgan fingerprint density at radius 1 is 1.50 bits per heavy atom. The molecule has 6 nitrogen and oxygen atoms in total. The predicted molar refractivity (Wildman–Crippen MR) is 97.6 cm³/mol. The smallest absolute Gasteiger partial charge is 0.329 e. The van der Waals surface area contributed by atoms with Crippen molar-refractivity contribution in [3.05, 3.63) is 53.8 Å². The Morgan fingerprint density at radius 2 is 2.33 bits per heavy atom. The average molecular weight is 325 g/mol. The van der Waals surface area contributed by atoms with Gasteiger partial charge in [-0.2, -0.15) is 0 Å². The number of pyridine rings is 1. The summed E-state index contributed by atoms with van der Waals surface area (Å²) in [5.74, 6) is 0.772. The fraction of sp³-hybridized carbons (Fsp3) is 0.389. The molecule has 1 aliphatic carbocycles. The highest BCUT2D eigenvalue weighted by molar-refractivity contribution is 5.84. The van der Waals surface area contributed by atoms with Crippen LogP contribution in [0.25, 0.3) is 11.0 Å². The molecule has 126 valence electrons. The summed E-state index contributed by atoms with van der Waals surface area (Å²) in [6.07, 6.45) is 11.4. The van der Waals surface area contributed by atoms with Crippen molar-refractivity contribution in [2.75, 3.05) is 13.1 Å². The topological polar surface area (TPSA) is 64.2 Å². The molecule has 0 aliphatic heterocycles. The highest BCUT2D eigenvalue weighted by atomic mass is 16.1. The molecule has 0 bridgehead atoms. The van der Waals surface area contributed by atoms with Gasteiger partial charge in [0.1, 0.15) is 5.84 Å². The second-order valence-electron chi connectivity index (χ2n) is 5.86. The van der Waals surface area contributed by atoms with E-state index in [4.69, 9.17) is 0 Å². The van der Waals surface area contributed by atoms with E-state index in [-0.39, 0.29) is 5.69 Å². The maximum absolute atomic E-state index is 12.9. The zero-order valence-corrected chi connectivity index (χ0v) is 14.0. The van der Waals surface area contributed by atoms with Crippen LogP contribution in [0.15, 0.2) is 53.1 Å². The first kappa shape index (κ1) is 16.2. The Kier molecular flexibility index (Phi) is 4.93. The molecule has 2 aromatic heterocycles. The van der Waals surface area contributed by atoms with Crippen molar-refractivity contribution in [2.45, 2.75) is 32.4 Å². The molecule has 0 amide bonds. The Morgan fingerprint density at radius 3 is 3.04 bits per heavy atom. The van der Waals surface area contributed by atoms with Crippen LogP contribution in [0.4, 0.5) is 0 Å². The lowest BCUT2D eigenvalue weighted by molar-refractivity contribution is 0.679. The lowest BCUT2D eigenvalue weighted by Crippen LogP contribution is -2.33. The summed E-state index contributed by atoms with van der Waals surface area (Å²) in [4.78, 5) is 21.6. The Bertz CT molecular complexity index is 839. The summed E-state index contributed by atoms with van der Waals surface area (Å²) in [7, 11) is 0. The van der Waals surface area contributed by atoms with E-state index in [0.29, 0.717) is 25.7 Å². The van der Waals surface area contributed by atoms with Crippen molar-refractivity contribution < 1.29 is 0 Å². The third-order valence-corrected chi connectivity index (χ3v) is 4.06. The minimum atomic E-state index is 0.0136. The first-order chi connectivity index (χ1) is 11.8. The van der Waals surface area contributed by atoms with E-state index in [2.05, 4.69) is 21.9 Å². The number of nitrogens with one attached hydrogen (secondary N) is 1. The molecular weight excluding hydrogens is 302 g/mol. The van der Waals surface area contributed by atoms with Crippen molar-refractivity contribution in [1.29, 1.82) is 0 Å². The van der Waals surface area contributed by atoms with E-state index < -0.39 is 0 Å². The van der Waals surface area contributed by atoms with Gasteiger partial charge in [0, 0.05) is 18.8 Å². The van der Waals surface area contributed by atoms with Gasteiger partial charge in [-0.15, -0.1) is 6.58 Å². The maximum atomic E-state index is 12.9. The summed E-state index contributed by atoms with van der Waals surface area (Å²) >= 11 is 0. The predicted octanol–water partition coefficient (Wildman–Crippen LogP) is 2.28. The van der Waals surface area contributed by atoms with Gasteiger partial charge in [0.25, 0.3) is 0 Å². The second-order valence-corrected chi connectivity index (χ2v) is 5.86. The van der Waals surface area contributed by atoms with E-state index in [1.807, 2.05) is 29.7 Å². The number of rotatable bonds is 7. The molecule has 0 radical (unpaired) electrons. The van der Waals surface area contributed by atoms with Crippen LogP contribution in [0, 0.1) is 0 Å². The Balaban J connectivity index is 1.98. The van der Waals surface area contributed by atoms with Crippen LogP contribution in [-0.4, -0.2) is 33.0 Å². The number of hydrogen-bond donors (Lipinski definition) is 1. The number of hydrogen-bond acceptors (Lipinski definition) is 3. The molecule has 0 unspecified atom stereocenters. The summed E-state index contributed by atoms with van der Waals surface area (Å²) in [6.45, 7) is 7.30. The normalized spacial score (nSPS) is 15.3. The summed E-state index contributed by atoms with van der Waals surface area (Å²) in [5, 5.41) is 3.23. The van der Waals surface area contributed by atoms with E-state index >= 15 is 0 Å². The van der Waals surface area contributed by atoms with Gasteiger partial charge in [-0.25, -0.2) is 4.79 Å². The van der Waals surface area contributed by atoms with Crippen LogP contribution in [0.5, 0.6) is 0 Å². The van der Waals surface area contributed by atoms with Crippen LogP contribution in [0.3, 0.4) is 0 Å². The van der Waals surface area contributed by atoms with E-state index in [0.717, 1.165) is 29.7 Å². The average Bonchev–Trinajstić information content (AvgIpc) is 3.39. The van der Waals surface area contributed by atoms with Crippen molar-refractivity contribution in [1.82, 2.24) is 19.4 Å². The molecule has 24 heavy (non-hydrogen) atoms. The molecule has 0 aromatic carbocycles. The van der Waals surface area contributed by atoms with Crippen LogP contribution >= 0.6 is 0 Å². The molecule has 0 spiro atoms. The molecular formula is C18H23N5O. The molecule has 0 saturated heterocycles. The van der Waals surface area contributed by atoms with Crippen molar-refractivity contribution in [3.63, 3.8) is 0 Å². The van der Waals surface area contributed by atoms with Gasteiger partial charge in [0.2, 0.25) is 0 Å². The van der Waals surface area contributed by atoms with Gasteiger partial charge in [0.05, 0.1) is 30.3 Å². The van der Waals surface area contributed by atoms with E-state index in [1.165, 1.54) is 0 Å². The first-order valence-corrected chi connectivity index (χ1v) is 8.30. The van der Waals surface area contributed by atoms with Gasteiger partial charge in [-0.05, 0) is 25.8 Å². The quantitative estimate of drug-likeness (QED) is 0.482. The molecule has 1 fully saturated rings. The first-order valence-electron chi connectivity index (χ1n) is 8.30. The number of imidazole rings is 1. The molecule has 0 atom stereocenters. The van der Waals surface area contributed by atoms with Crippen molar-refractivity contribution in [2.24, 2.45) is 4.99 Å². The summed E-state index contributed by atoms with van der Waals surface area (Å²) < 4.78 is 3.65. The zero-order chi connectivity index (χ0) is 16.9. The number of aliphatic imine (C=N–C) groups is 1. The monoisotopic (exact) mass is 325 g/mol. The van der Waals surface area contributed by atoms with Gasteiger partial charge in [-0.3, -0.25) is 19.1 Å². The Hall–Kier alpha value is -2.63. The summed E-state index contributed by atoms with van der Waals surface area (Å²) in [5.41, 5.74) is 1.82. The standard InChI is InChI=1S/C18H23N5O/c1-3-5-10-21-17(20-9-4-2)13-22-16-12-19-11-8-15(16)23(18(22)24)14-6-7-14/h3-5,8,11-12,14H,2,6-7,9-10,13H2,1H3,(H,20,21)/b5-3-. The largest absolute Gasteiger partial charge is 0.369 e. The minimum Gasteiger partial charge on any atom is -0.369 e. The highest BCUT2D eigenvalue weighted by Crippen LogP contribution is 2.35. The molecule has 1 saturated carbocycles. The number of fused-ring (bicyclic) bond motifs is 1. The molecule has 1 N–H and O–H groups in total. The maximum Gasteiger partial charge on any atom is 0.329 e.